The van der Waals surface area contributed by atoms with Crippen molar-refractivity contribution in [2.75, 3.05) is 17.6 Å². The van der Waals surface area contributed by atoms with Crippen LogP contribution in [0.1, 0.15) is 66.9 Å². The summed E-state index contributed by atoms with van der Waals surface area (Å²) in [5.74, 6) is 0.809. The van der Waals surface area contributed by atoms with Gasteiger partial charge in [0.2, 0.25) is 5.91 Å². The molecule has 1 aliphatic heterocycles. The van der Waals surface area contributed by atoms with Gasteiger partial charge in [0.25, 0.3) is 5.91 Å². The van der Waals surface area contributed by atoms with Crippen molar-refractivity contribution in [2.45, 2.75) is 57.4 Å². The molecule has 3 aromatic heterocycles. The van der Waals surface area contributed by atoms with E-state index in [4.69, 9.17) is 10.8 Å². The largest absolute Gasteiger partial charge is 0.383 e. The maximum absolute atomic E-state index is 13.0. The van der Waals surface area contributed by atoms with E-state index >= 15 is 0 Å². The fourth-order valence-corrected chi connectivity index (χ4v) is 5.97. The van der Waals surface area contributed by atoms with Crippen molar-refractivity contribution in [1.29, 1.82) is 0 Å². The van der Waals surface area contributed by atoms with E-state index in [9.17, 15) is 9.59 Å². The highest BCUT2D eigenvalue weighted by molar-refractivity contribution is 6.05. The van der Waals surface area contributed by atoms with E-state index in [0.717, 1.165) is 85.6 Å². The van der Waals surface area contributed by atoms with Gasteiger partial charge in [0.1, 0.15) is 17.3 Å². The molecule has 9 nitrogen and oxygen atoms in total. The summed E-state index contributed by atoms with van der Waals surface area (Å²) in [6, 6.07) is 12.8. The van der Waals surface area contributed by atoms with E-state index in [-0.39, 0.29) is 23.8 Å². The van der Waals surface area contributed by atoms with Crippen molar-refractivity contribution in [3.8, 4) is 11.3 Å². The third-order valence-electron chi connectivity index (χ3n) is 8.12. The third kappa shape index (κ3) is 5.70. The van der Waals surface area contributed by atoms with E-state index in [1.807, 2.05) is 24.4 Å². The average molecular weight is 550 g/mol. The lowest BCUT2D eigenvalue weighted by molar-refractivity contribution is -0.126. The number of aromatic nitrogens is 4. The molecule has 1 saturated carbocycles. The second-order valence-electron chi connectivity index (χ2n) is 10.9. The van der Waals surface area contributed by atoms with Crippen molar-refractivity contribution in [3.63, 3.8) is 0 Å². The van der Waals surface area contributed by atoms with Gasteiger partial charge in [-0.05, 0) is 69.2 Å². The van der Waals surface area contributed by atoms with E-state index in [2.05, 4.69) is 37.4 Å². The van der Waals surface area contributed by atoms with E-state index < -0.39 is 0 Å². The van der Waals surface area contributed by atoms with Gasteiger partial charge in [-0.15, -0.1) is 0 Å². The minimum absolute atomic E-state index is 0.0285. The van der Waals surface area contributed by atoms with Crippen LogP contribution >= 0.6 is 0 Å². The number of nitrogens with two attached hydrogens (primary N) is 1. The van der Waals surface area contributed by atoms with Gasteiger partial charge in [0.05, 0.1) is 16.9 Å². The first kappa shape index (κ1) is 26.7. The smallest absolute Gasteiger partial charge is 0.256 e. The van der Waals surface area contributed by atoms with Crippen molar-refractivity contribution >= 4 is 34.4 Å². The Bertz CT molecular complexity index is 1580. The Labute approximate surface area is 239 Å². The molecular formula is C32H35N7O2. The van der Waals surface area contributed by atoms with Crippen LogP contribution in [0.3, 0.4) is 0 Å². The molecule has 1 aliphatic carbocycles. The molecule has 2 bridgehead atoms. The summed E-state index contributed by atoms with van der Waals surface area (Å²) >= 11 is 0. The molecule has 210 valence electrons. The van der Waals surface area contributed by atoms with Gasteiger partial charge in [-0.1, -0.05) is 36.8 Å². The Morgan fingerprint density at radius 2 is 1.90 bits per heavy atom. The Hall–Kier alpha value is -4.53. The topological polar surface area (TPSA) is 128 Å². The summed E-state index contributed by atoms with van der Waals surface area (Å²) in [5, 5.41) is 12.0. The second-order valence-corrected chi connectivity index (χ2v) is 10.9. The van der Waals surface area contributed by atoms with Gasteiger partial charge >= 0.3 is 0 Å². The standard InChI is InChI=1S/C32H35N7O2/c33-30-27-28(21-13-15-22(16-14-21)32(41)37-26-12-5-7-17-34-26)38-39-25-11-8-10-23(19-25)31(40)35-18-6-3-1-2-4-9-24(20-36-30)29(27)39/h2,4-5,7,12-17,20,23,25H,1,3,6,8-11,18-19H2,(H2,33,36)(H,35,40)(H,34,37,41)/b4-2-/t23-,25-/m1/s1. The van der Waals surface area contributed by atoms with Crippen molar-refractivity contribution < 1.29 is 9.59 Å². The lowest BCUT2D eigenvalue weighted by Gasteiger charge is -2.29. The summed E-state index contributed by atoms with van der Waals surface area (Å²) < 4.78 is 2.10. The van der Waals surface area contributed by atoms with Crippen LogP contribution in [0.4, 0.5) is 11.6 Å². The van der Waals surface area contributed by atoms with Crippen LogP contribution in [0.25, 0.3) is 22.2 Å². The van der Waals surface area contributed by atoms with Crippen molar-refractivity contribution in [2.24, 2.45) is 5.92 Å². The van der Waals surface area contributed by atoms with Crippen molar-refractivity contribution in [3.05, 3.63) is 78.1 Å². The molecule has 1 fully saturated rings. The monoisotopic (exact) mass is 549 g/mol. The fourth-order valence-electron chi connectivity index (χ4n) is 5.97. The molecule has 9 heteroatoms. The number of nitrogens with zero attached hydrogens (tertiary/aromatic N) is 4. The molecule has 4 N–H and O–H groups in total. The normalized spacial score (nSPS) is 20.4. The Balaban J connectivity index is 1.40. The number of nitrogens with one attached hydrogen (secondary N) is 2. The number of hydrogen-bond donors (Lipinski definition) is 3. The number of fused-ring (bicyclic) bond motifs is 3. The number of benzene rings is 1. The van der Waals surface area contributed by atoms with Gasteiger partial charge < -0.3 is 16.4 Å². The zero-order chi connectivity index (χ0) is 28.2. The molecule has 4 heterocycles. The first-order chi connectivity index (χ1) is 20.1. The van der Waals surface area contributed by atoms with Crippen LogP contribution in [0.5, 0.6) is 0 Å². The van der Waals surface area contributed by atoms with Crippen LogP contribution < -0.4 is 16.4 Å². The van der Waals surface area contributed by atoms with Crippen LogP contribution in [-0.4, -0.2) is 38.1 Å². The zero-order valence-electron chi connectivity index (χ0n) is 23.1. The number of pyridine rings is 2. The Kier molecular flexibility index (Phi) is 7.75. The Morgan fingerprint density at radius 1 is 1.02 bits per heavy atom. The number of anilines is 2. The summed E-state index contributed by atoms with van der Waals surface area (Å²) in [6.07, 6.45) is 15.2. The predicted octanol–water partition coefficient (Wildman–Crippen LogP) is 5.46. The quantitative estimate of drug-likeness (QED) is 0.291. The molecule has 41 heavy (non-hydrogen) atoms. The van der Waals surface area contributed by atoms with Crippen LogP contribution in [0.2, 0.25) is 0 Å². The minimum atomic E-state index is -0.236. The van der Waals surface area contributed by atoms with Crippen molar-refractivity contribution in [1.82, 2.24) is 25.1 Å². The molecule has 0 saturated heterocycles. The molecule has 0 unspecified atom stereocenters. The zero-order valence-corrected chi connectivity index (χ0v) is 23.1. The molecule has 2 aliphatic rings. The molecule has 0 radical (unpaired) electrons. The van der Waals surface area contributed by atoms with Gasteiger partial charge in [-0.25, -0.2) is 9.97 Å². The van der Waals surface area contributed by atoms with Gasteiger partial charge in [0, 0.05) is 41.5 Å². The lowest BCUT2D eigenvalue weighted by atomic mass is 9.85. The maximum atomic E-state index is 13.0. The number of carbonyl (C=O) groups is 2. The highest BCUT2D eigenvalue weighted by Gasteiger charge is 2.31. The maximum Gasteiger partial charge on any atom is 0.256 e. The molecule has 2 atom stereocenters. The average Bonchev–Trinajstić information content (AvgIpc) is 3.41. The summed E-state index contributed by atoms with van der Waals surface area (Å²) in [4.78, 5) is 34.6. The number of nitrogen functional groups attached to an aromatic ring is 1. The molecule has 1 aromatic carbocycles. The van der Waals surface area contributed by atoms with Gasteiger partial charge in [0.15, 0.2) is 0 Å². The molecule has 6 rings (SSSR count). The molecule has 2 amide bonds. The number of allylic oxidation sites excluding steroid dienone is 2. The third-order valence-corrected chi connectivity index (χ3v) is 8.12. The number of carbonyl (C=O) groups excluding carboxylic acids is 2. The molecule has 0 spiro atoms. The van der Waals surface area contributed by atoms with Crippen LogP contribution in [0.15, 0.2) is 67.0 Å². The predicted molar refractivity (Wildman–Crippen MR) is 160 cm³/mol. The number of rotatable bonds is 3. The van der Waals surface area contributed by atoms with E-state index in [1.54, 1.807) is 30.5 Å². The Morgan fingerprint density at radius 3 is 2.73 bits per heavy atom. The highest BCUT2D eigenvalue weighted by atomic mass is 16.2. The van der Waals surface area contributed by atoms with Gasteiger partial charge in [-0.2, -0.15) is 5.10 Å². The van der Waals surface area contributed by atoms with Crippen LogP contribution in [0, 0.1) is 5.92 Å². The van der Waals surface area contributed by atoms with Gasteiger partial charge in [-0.3, -0.25) is 14.3 Å². The SMILES string of the molecule is Nc1ncc2c3c1c(-c1ccc(C(=O)Nc4ccccn4)cc1)nn3[C@@H]1CCC[C@H](C1)C(=O)NCCCC/C=C\C2. The molecule has 4 aromatic rings. The lowest BCUT2D eigenvalue weighted by Crippen LogP contribution is -2.35. The summed E-state index contributed by atoms with van der Waals surface area (Å²) in [5.41, 5.74) is 10.7. The second kappa shape index (κ2) is 11.9. The summed E-state index contributed by atoms with van der Waals surface area (Å²) in [7, 11) is 0. The minimum Gasteiger partial charge on any atom is -0.383 e. The molecular weight excluding hydrogens is 514 g/mol. The fraction of sp³-hybridized carbons (Fsp3) is 0.344. The first-order valence-electron chi connectivity index (χ1n) is 14.5. The summed E-state index contributed by atoms with van der Waals surface area (Å²) in [6.45, 7) is 0.723. The first-order valence-corrected chi connectivity index (χ1v) is 14.5. The number of amides is 2. The van der Waals surface area contributed by atoms with E-state index in [0.29, 0.717) is 17.2 Å². The number of hydrogen-bond acceptors (Lipinski definition) is 6. The van der Waals surface area contributed by atoms with E-state index in [1.165, 1.54) is 0 Å². The van der Waals surface area contributed by atoms with Crippen LogP contribution in [-0.2, 0) is 11.2 Å². The highest BCUT2D eigenvalue weighted by Crippen LogP contribution is 2.40.